The van der Waals surface area contributed by atoms with Gasteiger partial charge in [0, 0.05) is 18.5 Å². The molecule has 0 radical (unpaired) electrons. The number of nitrogens with zero attached hydrogens (tertiary/aromatic N) is 4. The first-order valence-electron chi connectivity index (χ1n) is 12.2. The van der Waals surface area contributed by atoms with Crippen molar-refractivity contribution in [3.8, 4) is 0 Å². The number of aliphatic hydroxyl groups is 1. The Morgan fingerprint density at radius 3 is 2.61 bits per heavy atom. The van der Waals surface area contributed by atoms with E-state index < -0.39 is 35.0 Å². The van der Waals surface area contributed by atoms with Crippen LogP contribution in [-0.2, 0) is 17.9 Å². The number of hydrogen-bond donors (Lipinski definition) is 5. The molecule has 3 rings (SSSR count). The Labute approximate surface area is 218 Å². The highest BCUT2D eigenvalue weighted by Gasteiger charge is 2.34. The number of nitrogens with two attached hydrogens (primary N) is 1. The molecule has 0 spiro atoms. The highest BCUT2D eigenvalue weighted by molar-refractivity contribution is 6.06. The summed E-state index contributed by atoms with van der Waals surface area (Å²) in [4.78, 5) is 38.2. The predicted molar refractivity (Wildman–Crippen MR) is 134 cm³/mol. The van der Waals surface area contributed by atoms with Gasteiger partial charge in [-0.05, 0) is 43.0 Å². The zero-order valence-electron chi connectivity index (χ0n) is 21.6. The zero-order chi connectivity index (χ0) is 27.9. The standard InChI is InChI=1S/C24H33FN8O5/c1-24(2,3)19(21(36)28-13-17-30-31-23(38-17)22(37)27-9-11-34)29-20(35)18-15-7-6-14(25)12-16(15)33(32-18)10-5-4-8-26/h6-7,12,19,34H,4-5,8-11,13,26H2,1-3H3,(H,27,37)(H,28,36)(H,29,35). The number of nitrogens with one attached hydrogen (secondary N) is 3. The molecular weight excluding hydrogens is 499 g/mol. The van der Waals surface area contributed by atoms with E-state index in [2.05, 4.69) is 31.2 Å². The minimum atomic E-state index is -0.983. The van der Waals surface area contributed by atoms with Crippen molar-refractivity contribution in [2.45, 2.75) is 52.7 Å². The first-order chi connectivity index (χ1) is 18.0. The summed E-state index contributed by atoms with van der Waals surface area (Å²) in [6.45, 7) is 5.91. The van der Waals surface area contributed by atoms with Crippen molar-refractivity contribution >= 4 is 28.6 Å². The van der Waals surface area contributed by atoms with Gasteiger partial charge in [-0.1, -0.05) is 20.8 Å². The van der Waals surface area contributed by atoms with Gasteiger partial charge in [-0.3, -0.25) is 19.1 Å². The van der Waals surface area contributed by atoms with Gasteiger partial charge in [0.2, 0.25) is 11.8 Å². The first kappa shape index (κ1) is 28.7. The molecule has 0 saturated carbocycles. The lowest BCUT2D eigenvalue weighted by Crippen LogP contribution is -2.53. The summed E-state index contributed by atoms with van der Waals surface area (Å²) < 4.78 is 20.8. The van der Waals surface area contributed by atoms with Gasteiger partial charge in [-0.15, -0.1) is 10.2 Å². The Bertz CT molecular complexity index is 1280. The van der Waals surface area contributed by atoms with Crippen LogP contribution in [0.2, 0.25) is 0 Å². The minimum absolute atomic E-state index is 0.0178. The third kappa shape index (κ3) is 7.10. The Morgan fingerprint density at radius 1 is 1.16 bits per heavy atom. The summed E-state index contributed by atoms with van der Waals surface area (Å²) in [6.07, 6.45) is 1.46. The highest BCUT2D eigenvalue weighted by atomic mass is 19.1. The summed E-state index contributed by atoms with van der Waals surface area (Å²) in [5.41, 5.74) is 5.42. The summed E-state index contributed by atoms with van der Waals surface area (Å²) in [7, 11) is 0. The molecule has 1 unspecified atom stereocenters. The fourth-order valence-electron chi connectivity index (χ4n) is 3.69. The van der Waals surface area contributed by atoms with Crippen molar-refractivity contribution in [2.75, 3.05) is 19.7 Å². The number of hydrogen-bond acceptors (Lipinski definition) is 9. The molecule has 1 atom stereocenters. The number of benzene rings is 1. The number of aromatic nitrogens is 4. The number of amides is 3. The molecule has 206 valence electrons. The number of aliphatic hydroxyl groups excluding tert-OH is 1. The average Bonchev–Trinajstić information content (AvgIpc) is 3.49. The number of rotatable bonds is 12. The molecule has 3 amide bonds. The van der Waals surface area contributed by atoms with E-state index in [9.17, 15) is 18.8 Å². The average molecular weight is 533 g/mol. The molecular formula is C24H33FN8O5. The molecule has 3 aromatic rings. The van der Waals surface area contributed by atoms with E-state index in [0.717, 1.165) is 6.42 Å². The van der Waals surface area contributed by atoms with E-state index in [0.29, 0.717) is 30.4 Å². The maximum Gasteiger partial charge on any atom is 0.308 e. The molecule has 0 saturated heterocycles. The minimum Gasteiger partial charge on any atom is -0.415 e. The van der Waals surface area contributed by atoms with Gasteiger partial charge in [-0.25, -0.2) is 4.39 Å². The summed E-state index contributed by atoms with van der Waals surface area (Å²) >= 11 is 0. The van der Waals surface area contributed by atoms with E-state index in [4.69, 9.17) is 15.3 Å². The SMILES string of the molecule is CC(C)(C)C(NC(=O)c1nn(CCCCN)c2cc(F)ccc12)C(=O)NCc1nnc(C(=O)NCCO)o1. The Hall–Kier alpha value is -3.91. The van der Waals surface area contributed by atoms with Gasteiger partial charge in [0.05, 0.1) is 18.7 Å². The molecule has 0 aliphatic rings. The molecule has 1 aromatic carbocycles. The van der Waals surface area contributed by atoms with E-state index in [1.807, 2.05) is 0 Å². The van der Waals surface area contributed by atoms with E-state index in [1.165, 1.54) is 18.2 Å². The van der Waals surface area contributed by atoms with Crippen LogP contribution < -0.4 is 21.7 Å². The molecule has 0 fully saturated rings. The fourth-order valence-corrected chi connectivity index (χ4v) is 3.69. The van der Waals surface area contributed by atoms with Crippen LogP contribution in [0.5, 0.6) is 0 Å². The predicted octanol–water partition coefficient (Wildman–Crippen LogP) is 0.480. The van der Waals surface area contributed by atoms with Gasteiger partial charge < -0.3 is 31.2 Å². The lowest BCUT2D eigenvalue weighted by atomic mass is 9.86. The number of aryl methyl sites for hydroxylation is 1. The maximum atomic E-state index is 13.9. The topological polar surface area (TPSA) is 190 Å². The Kier molecular flexibility index (Phi) is 9.47. The third-order valence-electron chi connectivity index (χ3n) is 5.63. The van der Waals surface area contributed by atoms with Crippen molar-refractivity contribution in [1.82, 2.24) is 35.9 Å². The van der Waals surface area contributed by atoms with Crippen LogP contribution in [-0.4, -0.2) is 68.5 Å². The van der Waals surface area contributed by atoms with Crippen LogP contribution in [0.25, 0.3) is 10.9 Å². The van der Waals surface area contributed by atoms with Crippen LogP contribution in [0, 0.1) is 11.2 Å². The Morgan fingerprint density at radius 2 is 1.92 bits per heavy atom. The molecule has 38 heavy (non-hydrogen) atoms. The van der Waals surface area contributed by atoms with E-state index in [1.54, 1.807) is 25.5 Å². The molecule has 14 heteroatoms. The van der Waals surface area contributed by atoms with Crippen LogP contribution in [0.1, 0.15) is 60.7 Å². The monoisotopic (exact) mass is 532 g/mol. The lowest BCUT2D eigenvalue weighted by molar-refractivity contribution is -0.125. The largest absolute Gasteiger partial charge is 0.415 e. The van der Waals surface area contributed by atoms with Gasteiger partial charge in [0.1, 0.15) is 11.9 Å². The Balaban J connectivity index is 1.74. The zero-order valence-corrected chi connectivity index (χ0v) is 21.6. The summed E-state index contributed by atoms with van der Waals surface area (Å²) in [6, 6.07) is 3.07. The van der Waals surface area contributed by atoms with E-state index >= 15 is 0 Å². The smallest absolute Gasteiger partial charge is 0.308 e. The number of carbonyl (C=O) groups is 3. The van der Waals surface area contributed by atoms with Crippen LogP contribution in [0.3, 0.4) is 0 Å². The third-order valence-corrected chi connectivity index (χ3v) is 5.63. The second-order valence-electron chi connectivity index (χ2n) is 9.70. The lowest BCUT2D eigenvalue weighted by Gasteiger charge is -2.30. The fraction of sp³-hybridized carbons (Fsp3) is 0.500. The molecule has 13 nitrogen and oxygen atoms in total. The molecule has 0 bridgehead atoms. The quantitative estimate of drug-likeness (QED) is 0.207. The van der Waals surface area contributed by atoms with Crippen LogP contribution >= 0.6 is 0 Å². The number of unbranched alkanes of at least 4 members (excludes halogenated alkanes) is 1. The number of halogens is 1. The van der Waals surface area contributed by atoms with Gasteiger partial charge in [-0.2, -0.15) is 5.10 Å². The first-order valence-corrected chi connectivity index (χ1v) is 12.2. The highest BCUT2D eigenvalue weighted by Crippen LogP contribution is 2.23. The number of carbonyl (C=O) groups excluding carboxylic acids is 3. The van der Waals surface area contributed by atoms with Crippen molar-refractivity contribution < 1.29 is 28.3 Å². The van der Waals surface area contributed by atoms with E-state index in [-0.39, 0.29) is 37.2 Å². The van der Waals surface area contributed by atoms with Crippen molar-refractivity contribution in [1.29, 1.82) is 0 Å². The molecule has 0 aliphatic carbocycles. The van der Waals surface area contributed by atoms with Crippen LogP contribution in [0.15, 0.2) is 22.6 Å². The van der Waals surface area contributed by atoms with Crippen molar-refractivity contribution in [2.24, 2.45) is 11.1 Å². The van der Waals surface area contributed by atoms with Crippen LogP contribution in [0.4, 0.5) is 4.39 Å². The molecule has 2 aromatic heterocycles. The normalized spacial score (nSPS) is 12.4. The second-order valence-corrected chi connectivity index (χ2v) is 9.70. The molecule has 0 aliphatic heterocycles. The van der Waals surface area contributed by atoms with Gasteiger partial charge in [0.15, 0.2) is 5.69 Å². The van der Waals surface area contributed by atoms with Crippen molar-refractivity contribution in [3.05, 3.63) is 41.5 Å². The number of fused-ring (bicyclic) bond motifs is 1. The van der Waals surface area contributed by atoms with Gasteiger partial charge in [0.25, 0.3) is 5.91 Å². The molecule has 2 heterocycles. The second kappa shape index (κ2) is 12.6. The summed E-state index contributed by atoms with van der Waals surface area (Å²) in [5.74, 6) is -2.54. The van der Waals surface area contributed by atoms with Crippen molar-refractivity contribution in [3.63, 3.8) is 0 Å². The maximum absolute atomic E-state index is 13.9. The molecule has 6 N–H and O–H groups in total. The summed E-state index contributed by atoms with van der Waals surface area (Å²) in [5, 5.41) is 28.8. The van der Waals surface area contributed by atoms with Gasteiger partial charge >= 0.3 is 11.8 Å².